The van der Waals surface area contributed by atoms with Crippen LogP contribution in [0.15, 0.2) is 65.7 Å². The van der Waals surface area contributed by atoms with Crippen molar-refractivity contribution in [1.82, 2.24) is 0 Å². The molecule has 3 rings (SSSR count). The number of hydrogen-bond donors (Lipinski definition) is 2. The molecule has 3 heteroatoms. The third-order valence-corrected chi connectivity index (χ3v) is 5.54. The summed E-state index contributed by atoms with van der Waals surface area (Å²) >= 11 is 0. The number of aromatic hydroxyl groups is 1. The van der Waals surface area contributed by atoms with E-state index in [-0.39, 0.29) is 11.3 Å². The molecule has 0 spiro atoms. The molecule has 0 fully saturated rings. The van der Waals surface area contributed by atoms with Gasteiger partial charge >= 0.3 is 0 Å². The number of nitrogens with two attached hydrogens (primary N) is 1. The van der Waals surface area contributed by atoms with Crippen molar-refractivity contribution in [3.05, 3.63) is 71.8 Å². The summed E-state index contributed by atoms with van der Waals surface area (Å²) in [7, 11) is 0. The van der Waals surface area contributed by atoms with E-state index in [0.29, 0.717) is 0 Å². The van der Waals surface area contributed by atoms with Crippen LogP contribution in [-0.4, -0.2) is 11.3 Å². The van der Waals surface area contributed by atoms with Gasteiger partial charge in [0.05, 0.1) is 5.69 Å². The van der Waals surface area contributed by atoms with E-state index in [4.69, 9.17) is 5.73 Å². The second-order valence-corrected chi connectivity index (χ2v) is 8.18. The molecule has 152 valence electrons. The van der Waals surface area contributed by atoms with E-state index in [1.165, 1.54) is 37.7 Å². The maximum Gasteiger partial charge on any atom is 0.116 e. The minimum absolute atomic E-state index is 0.279. The summed E-state index contributed by atoms with van der Waals surface area (Å²) in [6.07, 6.45) is 9.21. The maximum absolute atomic E-state index is 9.57. The minimum Gasteiger partial charge on any atom is -0.508 e. The lowest BCUT2D eigenvalue weighted by atomic mass is 9.87. The van der Waals surface area contributed by atoms with Crippen molar-refractivity contribution in [3.63, 3.8) is 0 Å². The lowest BCUT2D eigenvalue weighted by molar-refractivity contribution is 0.422. The molecule has 0 aliphatic rings. The summed E-state index contributed by atoms with van der Waals surface area (Å²) in [5.41, 5.74) is 9.42. The SMILES string of the molecule is CCCCCCCC(C)(N)c1ccc(C=Nc2ccc3cc(O)ccc3c2)cc1. The zero-order valence-electron chi connectivity index (χ0n) is 17.6. The predicted octanol–water partition coefficient (Wildman–Crippen LogP) is 6.83. The highest BCUT2D eigenvalue weighted by molar-refractivity contribution is 5.88. The van der Waals surface area contributed by atoms with Gasteiger partial charge < -0.3 is 10.8 Å². The van der Waals surface area contributed by atoms with Gasteiger partial charge in [0.25, 0.3) is 0 Å². The fraction of sp³-hybridized carbons (Fsp3) is 0.346. The molecule has 0 bridgehead atoms. The van der Waals surface area contributed by atoms with Gasteiger partial charge in [-0.3, -0.25) is 4.99 Å². The number of benzene rings is 3. The Hall–Kier alpha value is -2.65. The number of nitrogens with zero attached hydrogens (tertiary/aromatic N) is 1. The van der Waals surface area contributed by atoms with E-state index in [1.807, 2.05) is 30.5 Å². The molecule has 29 heavy (non-hydrogen) atoms. The second-order valence-electron chi connectivity index (χ2n) is 8.18. The highest BCUT2D eigenvalue weighted by Gasteiger charge is 2.20. The van der Waals surface area contributed by atoms with E-state index < -0.39 is 0 Å². The number of hydrogen-bond acceptors (Lipinski definition) is 3. The third kappa shape index (κ3) is 5.91. The normalized spacial score (nSPS) is 13.8. The first-order valence-corrected chi connectivity index (χ1v) is 10.6. The van der Waals surface area contributed by atoms with Crippen LogP contribution in [0.3, 0.4) is 0 Å². The van der Waals surface area contributed by atoms with Crippen LogP contribution in [0.4, 0.5) is 5.69 Å². The van der Waals surface area contributed by atoms with Gasteiger partial charge in [-0.25, -0.2) is 0 Å². The van der Waals surface area contributed by atoms with E-state index in [2.05, 4.69) is 43.1 Å². The number of rotatable bonds is 9. The Morgan fingerprint density at radius 3 is 2.34 bits per heavy atom. The second kappa shape index (κ2) is 9.71. The summed E-state index contributed by atoms with van der Waals surface area (Å²) < 4.78 is 0. The predicted molar refractivity (Wildman–Crippen MR) is 124 cm³/mol. The van der Waals surface area contributed by atoms with Crippen LogP contribution >= 0.6 is 0 Å². The summed E-state index contributed by atoms with van der Waals surface area (Å²) in [6.45, 7) is 4.37. The van der Waals surface area contributed by atoms with E-state index in [1.54, 1.807) is 12.1 Å². The van der Waals surface area contributed by atoms with Crippen LogP contribution in [0, 0.1) is 0 Å². The summed E-state index contributed by atoms with van der Waals surface area (Å²) in [4.78, 5) is 4.60. The van der Waals surface area contributed by atoms with E-state index in [0.717, 1.165) is 28.4 Å². The smallest absolute Gasteiger partial charge is 0.116 e. The standard InChI is InChI=1S/C26H32N2O/c1-3-4-5-6-7-16-26(2,27)23-12-8-20(9-13-23)19-28-24-14-10-22-18-25(29)15-11-21(22)17-24/h8-15,17-19,29H,3-7,16,27H2,1-2H3. The molecule has 0 aliphatic heterocycles. The van der Waals surface area contributed by atoms with Crippen LogP contribution in [0.2, 0.25) is 0 Å². The third-order valence-electron chi connectivity index (χ3n) is 5.54. The van der Waals surface area contributed by atoms with E-state index >= 15 is 0 Å². The number of unbranched alkanes of at least 4 members (excludes halogenated alkanes) is 4. The summed E-state index contributed by atoms with van der Waals surface area (Å²) in [5.74, 6) is 0.279. The number of phenols is 1. The first-order valence-electron chi connectivity index (χ1n) is 10.6. The topological polar surface area (TPSA) is 58.6 Å². The van der Waals surface area contributed by atoms with Gasteiger partial charge in [0.15, 0.2) is 0 Å². The molecular weight excluding hydrogens is 356 g/mol. The highest BCUT2D eigenvalue weighted by Crippen LogP contribution is 2.26. The Bertz CT molecular complexity index is 958. The van der Waals surface area contributed by atoms with Gasteiger partial charge in [-0.05, 0) is 59.5 Å². The molecule has 1 unspecified atom stereocenters. The number of aliphatic imine (C=N–C) groups is 1. The Kier molecular flexibility index (Phi) is 7.05. The van der Waals surface area contributed by atoms with Crippen LogP contribution in [0.25, 0.3) is 10.8 Å². The van der Waals surface area contributed by atoms with Gasteiger partial charge in [-0.15, -0.1) is 0 Å². The van der Waals surface area contributed by atoms with Crippen molar-refractivity contribution in [3.8, 4) is 5.75 Å². The molecular formula is C26H32N2O. The first kappa shape index (κ1) is 21.1. The minimum atomic E-state index is -0.286. The van der Waals surface area contributed by atoms with Gasteiger partial charge in [0, 0.05) is 11.8 Å². The monoisotopic (exact) mass is 388 g/mol. The Morgan fingerprint density at radius 2 is 1.59 bits per heavy atom. The van der Waals surface area contributed by atoms with Crippen LogP contribution in [0.1, 0.15) is 63.5 Å². The Labute approximate surface area is 174 Å². The van der Waals surface area contributed by atoms with Crippen molar-refractivity contribution in [2.45, 2.75) is 57.9 Å². The molecule has 3 N–H and O–H groups in total. The van der Waals surface area contributed by atoms with Crippen molar-refractivity contribution in [2.75, 3.05) is 0 Å². The molecule has 3 aromatic carbocycles. The number of fused-ring (bicyclic) bond motifs is 1. The van der Waals surface area contributed by atoms with Crippen LogP contribution < -0.4 is 5.73 Å². The molecule has 3 aromatic rings. The zero-order chi connectivity index (χ0) is 20.7. The molecule has 0 aromatic heterocycles. The van der Waals surface area contributed by atoms with Gasteiger partial charge in [-0.2, -0.15) is 0 Å². The lowest BCUT2D eigenvalue weighted by Crippen LogP contribution is -2.32. The molecule has 0 radical (unpaired) electrons. The lowest BCUT2D eigenvalue weighted by Gasteiger charge is -2.25. The Morgan fingerprint density at radius 1 is 0.897 bits per heavy atom. The maximum atomic E-state index is 9.57. The zero-order valence-corrected chi connectivity index (χ0v) is 17.6. The molecule has 3 nitrogen and oxygen atoms in total. The molecule has 0 aliphatic carbocycles. The summed E-state index contributed by atoms with van der Waals surface area (Å²) in [6, 6.07) is 19.7. The fourth-order valence-corrected chi connectivity index (χ4v) is 3.64. The molecule has 0 heterocycles. The molecule has 0 saturated heterocycles. The highest BCUT2D eigenvalue weighted by atomic mass is 16.3. The van der Waals surface area contributed by atoms with Crippen LogP contribution in [-0.2, 0) is 5.54 Å². The molecule has 1 atom stereocenters. The number of phenolic OH excluding ortho intramolecular Hbond substituents is 1. The average molecular weight is 389 g/mol. The largest absolute Gasteiger partial charge is 0.508 e. The summed E-state index contributed by atoms with van der Waals surface area (Å²) in [5, 5.41) is 11.6. The quantitative estimate of drug-likeness (QED) is 0.312. The first-order chi connectivity index (χ1) is 14.0. The van der Waals surface area contributed by atoms with E-state index in [9.17, 15) is 5.11 Å². The van der Waals surface area contributed by atoms with Gasteiger partial charge in [0.2, 0.25) is 0 Å². The van der Waals surface area contributed by atoms with Crippen molar-refractivity contribution in [1.29, 1.82) is 0 Å². The van der Waals surface area contributed by atoms with Crippen molar-refractivity contribution >= 4 is 22.7 Å². The van der Waals surface area contributed by atoms with Crippen LogP contribution in [0.5, 0.6) is 5.75 Å². The van der Waals surface area contributed by atoms with Gasteiger partial charge in [0.1, 0.15) is 5.75 Å². The average Bonchev–Trinajstić information content (AvgIpc) is 2.72. The van der Waals surface area contributed by atoms with Crippen molar-refractivity contribution in [2.24, 2.45) is 10.7 Å². The van der Waals surface area contributed by atoms with Gasteiger partial charge in [-0.1, -0.05) is 75.4 Å². The Balaban J connectivity index is 1.63. The van der Waals surface area contributed by atoms with Crippen molar-refractivity contribution < 1.29 is 5.11 Å². The fourth-order valence-electron chi connectivity index (χ4n) is 3.64. The molecule has 0 saturated carbocycles. The molecule has 0 amide bonds.